The smallest absolute Gasteiger partial charge is 0.0626 e. The van der Waals surface area contributed by atoms with E-state index in [1.165, 1.54) is 12.8 Å². The summed E-state index contributed by atoms with van der Waals surface area (Å²) in [6.45, 7) is 4.13. The van der Waals surface area contributed by atoms with Crippen LogP contribution in [0.1, 0.15) is 26.7 Å². The molecule has 1 fully saturated rings. The third-order valence-electron chi connectivity index (χ3n) is 1.70. The van der Waals surface area contributed by atoms with E-state index in [2.05, 4.69) is 19.0 Å². The zero-order valence-electron chi connectivity index (χ0n) is 5.96. The largest absolute Gasteiger partial charge is 0.411 e. The Morgan fingerprint density at radius 2 is 2.11 bits per heavy atom. The average molecular weight is 127 g/mol. The summed E-state index contributed by atoms with van der Waals surface area (Å²) < 4.78 is 0. The first-order valence-corrected chi connectivity index (χ1v) is 3.47. The Morgan fingerprint density at radius 1 is 1.56 bits per heavy atom. The van der Waals surface area contributed by atoms with Crippen LogP contribution in [0, 0.1) is 11.8 Å². The van der Waals surface area contributed by atoms with Crippen LogP contribution in [0.5, 0.6) is 0 Å². The van der Waals surface area contributed by atoms with E-state index < -0.39 is 0 Å². The molecule has 1 aliphatic rings. The van der Waals surface area contributed by atoms with Gasteiger partial charge in [-0.3, -0.25) is 0 Å². The van der Waals surface area contributed by atoms with Gasteiger partial charge in [0.25, 0.3) is 0 Å². The predicted octanol–water partition coefficient (Wildman–Crippen LogP) is 1.88. The van der Waals surface area contributed by atoms with Crippen LogP contribution in [-0.4, -0.2) is 10.9 Å². The summed E-state index contributed by atoms with van der Waals surface area (Å²) in [5.41, 5.74) is 0.981. The van der Waals surface area contributed by atoms with Gasteiger partial charge in [0.05, 0.1) is 5.71 Å². The Kier molecular flexibility index (Phi) is 1.74. The molecule has 52 valence electrons. The van der Waals surface area contributed by atoms with Crippen LogP contribution in [0.15, 0.2) is 5.16 Å². The van der Waals surface area contributed by atoms with Gasteiger partial charge >= 0.3 is 0 Å². The van der Waals surface area contributed by atoms with Crippen molar-refractivity contribution in [3.63, 3.8) is 0 Å². The van der Waals surface area contributed by atoms with E-state index in [1.807, 2.05) is 0 Å². The van der Waals surface area contributed by atoms with Crippen molar-refractivity contribution in [2.75, 3.05) is 0 Å². The summed E-state index contributed by atoms with van der Waals surface area (Å²) in [5.74, 6) is 1.03. The molecule has 0 bridgehead atoms. The lowest BCUT2D eigenvalue weighted by Gasteiger charge is -2.03. The topological polar surface area (TPSA) is 32.6 Å². The normalized spacial score (nSPS) is 21.0. The maximum atomic E-state index is 8.49. The fourth-order valence-corrected chi connectivity index (χ4v) is 1.05. The first kappa shape index (κ1) is 6.59. The van der Waals surface area contributed by atoms with Crippen LogP contribution in [0.4, 0.5) is 0 Å². The summed E-state index contributed by atoms with van der Waals surface area (Å²) in [7, 11) is 0. The van der Waals surface area contributed by atoms with Crippen LogP contribution < -0.4 is 0 Å². The van der Waals surface area contributed by atoms with Gasteiger partial charge in [-0.1, -0.05) is 19.0 Å². The van der Waals surface area contributed by atoms with Crippen molar-refractivity contribution >= 4 is 5.71 Å². The minimum atomic E-state index is 0.419. The first-order valence-electron chi connectivity index (χ1n) is 3.47. The minimum Gasteiger partial charge on any atom is -0.411 e. The van der Waals surface area contributed by atoms with E-state index in [4.69, 9.17) is 5.21 Å². The van der Waals surface area contributed by atoms with Crippen LogP contribution in [-0.2, 0) is 0 Å². The van der Waals surface area contributed by atoms with Gasteiger partial charge in [-0.05, 0) is 18.8 Å². The zero-order valence-corrected chi connectivity index (χ0v) is 5.96. The van der Waals surface area contributed by atoms with Crippen molar-refractivity contribution in [1.29, 1.82) is 0 Å². The van der Waals surface area contributed by atoms with E-state index in [-0.39, 0.29) is 0 Å². The quantitative estimate of drug-likeness (QED) is 0.343. The van der Waals surface area contributed by atoms with Gasteiger partial charge in [0.2, 0.25) is 0 Å². The molecule has 0 heterocycles. The van der Waals surface area contributed by atoms with Crippen LogP contribution in [0.3, 0.4) is 0 Å². The van der Waals surface area contributed by atoms with Crippen molar-refractivity contribution in [3.8, 4) is 0 Å². The molecular formula is C7H13NO. The molecule has 1 aliphatic carbocycles. The SMILES string of the molecule is CC(C)C(=NO)C1CC1. The van der Waals surface area contributed by atoms with Crippen molar-refractivity contribution in [3.05, 3.63) is 0 Å². The Labute approximate surface area is 55.6 Å². The molecule has 0 aromatic rings. The predicted molar refractivity (Wildman–Crippen MR) is 36.8 cm³/mol. The van der Waals surface area contributed by atoms with Gasteiger partial charge in [-0.15, -0.1) is 0 Å². The Bertz CT molecular complexity index is 121. The van der Waals surface area contributed by atoms with Crippen molar-refractivity contribution < 1.29 is 5.21 Å². The maximum absolute atomic E-state index is 8.49. The molecule has 1 N–H and O–H groups in total. The molecule has 2 nitrogen and oxygen atoms in total. The van der Waals surface area contributed by atoms with Crippen LogP contribution in [0.25, 0.3) is 0 Å². The zero-order chi connectivity index (χ0) is 6.85. The van der Waals surface area contributed by atoms with Crippen LogP contribution in [0.2, 0.25) is 0 Å². The molecule has 9 heavy (non-hydrogen) atoms. The lowest BCUT2D eigenvalue weighted by molar-refractivity contribution is 0.313. The average Bonchev–Trinajstić information content (AvgIpc) is 2.50. The van der Waals surface area contributed by atoms with Gasteiger partial charge in [-0.2, -0.15) is 0 Å². The molecule has 0 aromatic carbocycles. The highest BCUT2D eigenvalue weighted by atomic mass is 16.4. The van der Waals surface area contributed by atoms with E-state index in [0.717, 1.165) is 5.71 Å². The summed E-state index contributed by atoms with van der Waals surface area (Å²) in [4.78, 5) is 0. The minimum absolute atomic E-state index is 0.419. The number of hydrogen-bond donors (Lipinski definition) is 1. The standard InChI is InChI=1S/C7H13NO/c1-5(2)7(8-9)6-3-4-6/h5-6,9H,3-4H2,1-2H3. The summed E-state index contributed by atoms with van der Waals surface area (Å²) in [6, 6.07) is 0. The van der Waals surface area contributed by atoms with Gasteiger partial charge in [0.1, 0.15) is 0 Å². The fourth-order valence-electron chi connectivity index (χ4n) is 1.05. The molecular weight excluding hydrogens is 114 g/mol. The molecule has 1 saturated carbocycles. The monoisotopic (exact) mass is 127 g/mol. The van der Waals surface area contributed by atoms with Gasteiger partial charge in [0, 0.05) is 5.92 Å². The second kappa shape index (κ2) is 2.38. The fraction of sp³-hybridized carbons (Fsp3) is 0.857. The maximum Gasteiger partial charge on any atom is 0.0626 e. The van der Waals surface area contributed by atoms with E-state index >= 15 is 0 Å². The molecule has 0 atom stereocenters. The Balaban J connectivity index is 2.48. The summed E-state index contributed by atoms with van der Waals surface area (Å²) >= 11 is 0. The van der Waals surface area contributed by atoms with Crippen LogP contribution >= 0.6 is 0 Å². The molecule has 0 aliphatic heterocycles. The molecule has 0 saturated heterocycles. The van der Waals surface area contributed by atoms with Crippen molar-refractivity contribution in [2.45, 2.75) is 26.7 Å². The lowest BCUT2D eigenvalue weighted by atomic mass is 10.0. The second-order valence-corrected chi connectivity index (χ2v) is 2.95. The van der Waals surface area contributed by atoms with Gasteiger partial charge in [0.15, 0.2) is 0 Å². The third kappa shape index (κ3) is 1.44. The van der Waals surface area contributed by atoms with Gasteiger partial charge in [-0.25, -0.2) is 0 Å². The van der Waals surface area contributed by atoms with Crippen molar-refractivity contribution in [2.24, 2.45) is 17.0 Å². The number of hydrogen-bond acceptors (Lipinski definition) is 2. The van der Waals surface area contributed by atoms with Crippen molar-refractivity contribution in [1.82, 2.24) is 0 Å². The highest BCUT2D eigenvalue weighted by molar-refractivity contribution is 5.89. The molecule has 0 amide bonds. The Morgan fingerprint density at radius 3 is 2.22 bits per heavy atom. The lowest BCUT2D eigenvalue weighted by Crippen LogP contribution is -2.09. The summed E-state index contributed by atoms with van der Waals surface area (Å²) in [6.07, 6.45) is 2.44. The van der Waals surface area contributed by atoms with Gasteiger partial charge < -0.3 is 5.21 Å². The third-order valence-corrected chi connectivity index (χ3v) is 1.70. The van der Waals surface area contributed by atoms with E-state index in [9.17, 15) is 0 Å². The molecule has 0 aromatic heterocycles. The number of oxime groups is 1. The molecule has 2 heteroatoms. The first-order chi connectivity index (χ1) is 4.25. The van der Waals surface area contributed by atoms with E-state index in [1.54, 1.807) is 0 Å². The number of nitrogens with zero attached hydrogens (tertiary/aromatic N) is 1. The molecule has 0 spiro atoms. The van der Waals surface area contributed by atoms with E-state index in [0.29, 0.717) is 11.8 Å². The number of rotatable bonds is 2. The molecule has 1 rings (SSSR count). The second-order valence-electron chi connectivity index (χ2n) is 2.95. The highest BCUT2D eigenvalue weighted by Gasteiger charge is 2.29. The highest BCUT2D eigenvalue weighted by Crippen LogP contribution is 2.33. The molecule has 0 radical (unpaired) electrons. The summed E-state index contributed by atoms with van der Waals surface area (Å²) in [5, 5.41) is 11.8. The molecule has 0 unspecified atom stereocenters. The Hall–Kier alpha value is -0.530.